The maximum absolute atomic E-state index is 13.7. The first-order valence-corrected chi connectivity index (χ1v) is 13.7. The third-order valence-electron chi connectivity index (χ3n) is 6.64. The molecule has 190 valence electrons. The lowest BCUT2D eigenvalue weighted by atomic mass is 9.98. The number of carbonyl (C=O) groups is 1. The molecule has 1 fully saturated rings. The minimum Gasteiger partial charge on any atom is -0.355 e. The van der Waals surface area contributed by atoms with E-state index in [-0.39, 0.29) is 23.1 Å². The van der Waals surface area contributed by atoms with Crippen LogP contribution in [0.25, 0.3) is 12.2 Å². The first-order chi connectivity index (χ1) is 17.2. The Morgan fingerprint density at radius 2 is 1.97 bits per heavy atom. The number of nitrogens with zero attached hydrogens (tertiary/aromatic N) is 2. The van der Waals surface area contributed by atoms with Crippen molar-refractivity contribution < 1.29 is 17.7 Å². The first-order valence-electron chi connectivity index (χ1n) is 12.3. The third kappa shape index (κ3) is 5.60. The Hall–Kier alpha value is -3.23. The van der Waals surface area contributed by atoms with E-state index in [1.807, 2.05) is 62.4 Å². The zero-order valence-electron chi connectivity index (χ0n) is 21.2. The van der Waals surface area contributed by atoms with Gasteiger partial charge in [-0.25, -0.2) is 8.42 Å². The summed E-state index contributed by atoms with van der Waals surface area (Å²) >= 11 is 0. The summed E-state index contributed by atoms with van der Waals surface area (Å²) < 4.78 is 34.2. The lowest BCUT2D eigenvalue weighted by Crippen LogP contribution is -2.43. The number of hydrogen-bond acceptors (Lipinski definition) is 5. The fourth-order valence-corrected chi connectivity index (χ4v) is 6.29. The van der Waals surface area contributed by atoms with Gasteiger partial charge in [-0.15, -0.1) is 0 Å². The highest BCUT2D eigenvalue weighted by Crippen LogP contribution is 2.30. The maximum Gasteiger partial charge on any atom is 0.248 e. The summed E-state index contributed by atoms with van der Waals surface area (Å²) in [4.78, 5) is 13.1. The Labute approximate surface area is 213 Å². The molecule has 1 aliphatic heterocycles. The largest absolute Gasteiger partial charge is 0.355 e. The topological polar surface area (TPSA) is 92.5 Å². The van der Waals surface area contributed by atoms with Gasteiger partial charge in [-0.05, 0) is 74.9 Å². The van der Waals surface area contributed by atoms with Crippen molar-refractivity contribution in [2.75, 3.05) is 18.4 Å². The van der Waals surface area contributed by atoms with Crippen molar-refractivity contribution in [1.29, 1.82) is 0 Å². The number of rotatable bonds is 7. The summed E-state index contributed by atoms with van der Waals surface area (Å²) in [7, 11) is -3.91. The van der Waals surface area contributed by atoms with Gasteiger partial charge in [-0.3, -0.25) is 4.79 Å². The van der Waals surface area contributed by atoms with Gasteiger partial charge in [0.25, 0.3) is 0 Å². The number of benzene rings is 2. The molecule has 1 saturated heterocycles. The van der Waals surface area contributed by atoms with Crippen molar-refractivity contribution in [1.82, 2.24) is 9.46 Å². The maximum atomic E-state index is 13.7. The van der Waals surface area contributed by atoms with Crippen molar-refractivity contribution in [2.45, 2.75) is 51.9 Å². The molecule has 0 radical (unpaired) electrons. The van der Waals surface area contributed by atoms with Crippen molar-refractivity contribution in [2.24, 2.45) is 5.92 Å². The predicted octanol–water partition coefficient (Wildman–Crippen LogP) is 5.37. The van der Waals surface area contributed by atoms with Crippen LogP contribution in [0.5, 0.6) is 0 Å². The minimum atomic E-state index is -3.91. The van der Waals surface area contributed by atoms with Crippen molar-refractivity contribution in [3.8, 4) is 0 Å². The summed E-state index contributed by atoms with van der Waals surface area (Å²) in [5, 5.41) is 6.91. The molecule has 2 heterocycles. The highest BCUT2D eigenvalue weighted by molar-refractivity contribution is 7.89. The molecule has 0 saturated carbocycles. The van der Waals surface area contributed by atoms with Gasteiger partial charge in [-0.1, -0.05) is 54.1 Å². The molecule has 1 aromatic heterocycles. The van der Waals surface area contributed by atoms with E-state index in [0.717, 1.165) is 34.4 Å². The van der Waals surface area contributed by atoms with Gasteiger partial charge in [0, 0.05) is 18.8 Å². The lowest BCUT2D eigenvalue weighted by Gasteiger charge is -2.31. The molecule has 1 N–H and O–H groups in total. The second-order valence-corrected chi connectivity index (χ2v) is 11.3. The van der Waals surface area contributed by atoms with Gasteiger partial charge in [0.1, 0.15) is 5.69 Å². The summed E-state index contributed by atoms with van der Waals surface area (Å²) in [6.45, 7) is 8.16. The minimum absolute atomic E-state index is 0.0563. The second-order valence-electron chi connectivity index (χ2n) is 9.40. The van der Waals surface area contributed by atoms with E-state index in [1.54, 1.807) is 13.0 Å². The summed E-state index contributed by atoms with van der Waals surface area (Å²) in [6.07, 6.45) is 5.61. The zero-order chi connectivity index (χ0) is 25.9. The van der Waals surface area contributed by atoms with Crippen LogP contribution < -0.4 is 5.32 Å². The van der Waals surface area contributed by atoms with E-state index in [0.29, 0.717) is 25.1 Å². The van der Waals surface area contributed by atoms with Gasteiger partial charge >= 0.3 is 0 Å². The van der Waals surface area contributed by atoms with Crippen LogP contribution in [0.3, 0.4) is 0 Å². The molecule has 2 aromatic carbocycles. The number of anilines is 1. The molecule has 0 spiro atoms. The molecule has 3 aromatic rings. The number of nitrogens with one attached hydrogen (secondary N) is 1. The molecule has 4 rings (SSSR count). The highest BCUT2D eigenvalue weighted by Gasteiger charge is 2.37. The SMILES string of the molecule is CCc1cccc(NC(=O)[C@@H]2CCCN(S(=O)(=O)c3c(C)noc3/C=C/c3cc(C)ccc3C)C2)c1. The Morgan fingerprint density at radius 3 is 2.75 bits per heavy atom. The van der Waals surface area contributed by atoms with Crippen LogP contribution in [0.15, 0.2) is 51.9 Å². The molecular weight excluding hydrogens is 474 g/mol. The lowest BCUT2D eigenvalue weighted by molar-refractivity contribution is -0.120. The van der Waals surface area contributed by atoms with E-state index < -0.39 is 15.9 Å². The van der Waals surface area contributed by atoms with Crippen LogP contribution in [0, 0.1) is 26.7 Å². The van der Waals surface area contributed by atoms with Crippen molar-refractivity contribution >= 4 is 33.8 Å². The average Bonchev–Trinajstić information content (AvgIpc) is 3.25. The van der Waals surface area contributed by atoms with E-state index in [4.69, 9.17) is 4.52 Å². The number of carbonyl (C=O) groups excluding carboxylic acids is 1. The molecule has 1 amide bonds. The number of piperidine rings is 1. The van der Waals surface area contributed by atoms with Gasteiger partial charge in [0.2, 0.25) is 15.9 Å². The number of aryl methyl sites for hydroxylation is 4. The zero-order valence-corrected chi connectivity index (χ0v) is 22.1. The summed E-state index contributed by atoms with van der Waals surface area (Å²) in [5.74, 6) is -0.412. The Morgan fingerprint density at radius 1 is 1.17 bits per heavy atom. The molecule has 0 aliphatic carbocycles. The Kier molecular flexibility index (Phi) is 7.76. The molecule has 7 nitrogen and oxygen atoms in total. The molecule has 0 bridgehead atoms. The predicted molar refractivity (Wildman–Crippen MR) is 142 cm³/mol. The number of aromatic nitrogens is 1. The molecule has 1 atom stereocenters. The van der Waals surface area contributed by atoms with Crippen LogP contribution in [0.4, 0.5) is 5.69 Å². The normalized spacial score (nSPS) is 16.9. The number of amides is 1. The summed E-state index contributed by atoms with van der Waals surface area (Å²) in [6, 6.07) is 13.8. The molecule has 36 heavy (non-hydrogen) atoms. The molecular formula is C28H33N3O4S. The van der Waals surface area contributed by atoms with Crippen molar-refractivity contribution in [3.05, 3.63) is 76.2 Å². The van der Waals surface area contributed by atoms with E-state index in [2.05, 4.69) is 17.4 Å². The Balaban J connectivity index is 1.54. The molecule has 1 aliphatic rings. The molecule has 0 unspecified atom stereocenters. The van der Waals surface area contributed by atoms with Gasteiger partial charge in [0.15, 0.2) is 10.7 Å². The number of hydrogen-bond donors (Lipinski definition) is 1. The van der Waals surface area contributed by atoms with E-state index in [1.165, 1.54) is 4.31 Å². The first kappa shape index (κ1) is 25.9. The smallest absolute Gasteiger partial charge is 0.248 e. The van der Waals surface area contributed by atoms with Crippen LogP contribution in [-0.2, 0) is 21.2 Å². The van der Waals surface area contributed by atoms with Gasteiger partial charge in [0.05, 0.1) is 5.92 Å². The van der Waals surface area contributed by atoms with Gasteiger partial charge < -0.3 is 9.84 Å². The highest BCUT2D eigenvalue weighted by atomic mass is 32.2. The Bertz CT molecular complexity index is 1390. The van der Waals surface area contributed by atoms with Crippen molar-refractivity contribution in [3.63, 3.8) is 0 Å². The third-order valence-corrected chi connectivity index (χ3v) is 8.66. The fourth-order valence-electron chi connectivity index (χ4n) is 4.52. The fraction of sp³-hybridized carbons (Fsp3) is 0.357. The summed E-state index contributed by atoms with van der Waals surface area (Å²) in [5.41, 5.74) is 5.33. The average molecular weight is 508 g/mol. The molecule has 8 heteroatoms. The van der Waals surface area contributed by atoms with E-state index in [9.17, 15) is 13.2 Å². The van der Waals surface area contributed by atoms with Crippen LogP contribution >= 0.6 is 0 Å². The van der Waals surface area contributed by atoms with E-state index >= 15 is 0 Å². The van der Waals surface area contributed by atoms with Crippen LogP contribution in [0.2, 0.25) is 0 Å². The monoisotopic (exact) mass is 507 g/mol. The second kappa shape index (κ2) is 10.8. The van der Waals surface area contributed by atoms with Crippen LogP contribution in [0.1, 0.15) is 53.5 Å². The van der Waals surface area contributed by atoms with Gasteiger partial charge in [-0.2, -0.15) is 4.31 Å². The quantitative estimate of drug-likeness (QED) is 0.464. The standard InChI is InChI=1S/C28H33N3O4S/c1-5-22-8-6-10-25(17-22)29-28(32)24-9-7-15-31(18-24)36(33,34)27-21(4)30-35-26(27)14-13-23-16-19(2)11-12-20(23)3/h6,8,10-14,16-17,24H,5,7,9,15,18H2,1-4H3,(H,29,32)/b14-13+/t24-/m1/s1. The van der Waals surface area contributed by atoms with Crippen LogP contribution in [-0.4, -0.2) is 36.9 Å². The number of sulfonamides is 1.